The third-order valence-corrected chi connectivity index (χ3v) is 2.30. The van der Waals surface area contributed by atoms with Gasteiger partial charge in [0.25, 0.3) is 0 Å². The van der Waals surface area contributed by atoms with Gasteiger partial charge >= 0.3 is 0 Å². The van der Waals surface area contributed by atoms with Crippen molar-refractivity contribution in [3.63, 3.8) is 0 Å². The maximum Gasteiger partial charge on any atom is 0.244 e. The number of hydrogen-bond acceptors (Lipinski definition) is 3. The first-order valence-electron chi connectivity index (χ1n) is 4.23. The number of carbonyl (C=O) groups is 1. The standard InChI is InChI=1S/C8H12N4O/c1-11-3-2-6-4-7(9)10-12(6)5-8(11)13/h4H,2-3,5H2,1H3,(H2,9,10). The van der Waals surface area contributed by atoms with Crippen LogP contribution in [0.4, 0.5) is 5.82 Å². The maximum absolute atomic E-state index is 11.4. The van der Waals surface area contributed by atoms with Crippen molar-refractivity contribution in [1.29, 1.82) is 0 Å². The van der Waals surface area contributed by atoms with Crippen molar-refractivity contribution in [3.05, 3.63) is 11.8 Å². The molecule has 0 aliphatic carbocycles. The largest absolute Gasteiger partial charge is 0.382 e. The van der Waals surface area contributed by atoms with E-state index in [1.165, 1.54) is 0 Å². The first-order valence-corrected chi connectivity index (χ1v) is 4.23. The Hall–Kier alpha value is -1.52. The van der Waals surface area contributed by atoms with E-state index in [0.29, 0.717) is 12.4 Å². The zero-order valence-electron chi connectivity index (χ0n) is 7.53. The van der Waals surface area contributed by atoms with Crippen LogP contribution in [-0.2, 0) is 17.8 Å². The van der Waals surface area contributed by atoms with Gasteiger partial charge in [0.2, 0.25) is 5.91 Å². The summed E-state index contributed by atoms with van der Waals surface area (Å²) < 4.78 is 1.68. The van der Waals surface area contributed by atoms with Crippen molar-refractivity contribution >= 4 is 11.7 Å². The van der Waals surface area contributed by atoms with E-state index in [1.54, 1.807) is 16.6 Å². The molecule has 0 aromatic carbocycles. The summed E-state index contributed by atoms with van der Waals surface area (Å²) in [6, 6.07) is 1.83. The number of nitrogens with zero attached hydrogens (tertiary/aromatic N) is 3. The molecular formula is C8H12N4O. The molecule has 0 unspecified atom stereocenters. The second-order valence-electron chi connectivity index (χ2n) is 3.28. The first-order chi connectivity index (χ1) is 6.16. The zero-order chi connectivity index (χ0) is 9.42. The molecule has 2 N–H and O–H groups in total. The first kappa shape index (κ1) is 8.10. The summed E-state index contributed by atoms with van der Waals surface area (Å²) in [5.74, 6) is 0.578. The molecule has 0 bridgehead atoms. The molecule has 0 saturated carbocycles. The maximum atomic E-state index is 11.4. The van der Waals surface area contributed by atoms with Gasteiger partial charge in [-0.05, 0) is 0 Å². The van der Waals surface area contributed by atoms with E-state index >= 15 is 0 Å². The molecule has 1 aliphatic heterocycles. The fraction of sp³-hybridized carbons (Fsp3) is 0.500. The van der Waals surface area contributed by atoms with E-state index in [1.807, 2.05) is 6.07 Å². The van der Waals surface area contributed by atoms with Gasteiger partial charge < -0.3 is 10.6 Å². The normalized spacial score (nSPS) is 17.0. The minimum Gasteiger partial charge on any atom is -0.382 e. The topological polar surface area (TPSA) is 64.2 Å². The van der Waals surface area contributed by atoms with E-state index in [0.717, 1.165) is 18.7 Å². The van der Waals surface area contributed by atoms with Gasteiger partial charge in [0, 0.05) is 31.8 Å². The zero-order valence-corrected chi connectivity index (χ0v) is 7.53. The second kappa shape index (κ2) is 2.76. The van der Waals surface area contributed by atoms with E-state index in [4.69, 9.17) is 5.73 Å². The van der Waals surface area contributed by atoms with Crippen molar-refractivity contribution in [1.82, 2.24) is 14.7 Å². The lowest BCUT2D eigenvalue weighted by Gasteiger charge is -2.11. The Kier molecular flexibility index (Phi) is 1.72. The highest BCUT2D eigenvalue weighted by Gasteiger charge is 2.18. The van der Waals surface area contributed by atoms with Crippen LogP contribution in [0.3, 0.4) is 0 Å². The van der Waals surface area contributed by atoms with Crippen LogP contribution in [0.5, 0.6) is 0 Å². The number of amides is 1. The molecule has 1 aliphatic rings. The summed E-state index contributed by atoms with van der Waals surface area (Å²) in [5.41, 5.74) is 6.57. The van der Waals surface area contributed by atoms with Crippen LogP contribution in [0.15, 0.2) is 6.07 Å². The van der Waals surface area contributed by atoms with Crippen molar-refractivity contribution in [3.8, 4) is 0 Å². The van der Waals surface area contributed by atoms with Crippen LogP contribution in [0, 0.1) is 0 Å². The SMILES string of the molecule is CN1CCc2cc(N)nn2CC1=O. The number of aromatic nitrogens is 2. The highest BCUT2D eigenvalue weighted by atomic mass is 16.2. The number of hydrogen-bond donors (Lipinski definition) is 1. The van der Waals surface area contributed by atoms with E-state index < -0.39 is 0 Å². The lowest BCUT2D eigenvalue weighted by atomic mass is 10.3. The van der Waals surface area contributed by atoms with Gasteiger partial charge in [-0.3, -0.25) is 9.48 Å². The number of carbonyl (C=O) groups excluding carboxylic acids is 1. The van der Waals surface area contributed by atoms with Crippen LogP contribution < -0.4 is 5.73 Å². The molecule has 5 nitrogen and oxygen atoms in total. The lowest BCUT2D eigenvalue weighted by Crippen LogP contribution is -2.29. The van der Waals surface area contributed by atoms with Crippen molar-refractivity contribution in [2.24, 2.45) is 0 Å². The lowest BCUT2D eigenvalue weighted by molar-refractivity contribution is -0.130. The van der Waals surface area contributed by atoms with Gasteiger partial charge in [0.05, 0.1) is 0 Å². The van der Waals surface area contributed by atoms with E-state index in [2.05, 4.69) is 5.10 Å². The third-order valence-electron chi connectivity index (χ3n) is 2.30. The molecule has 0 atom stereocenters. The minimum absolute atomic E-state index is 0.0850. The number of nitrogen functional groups attached to an aromatic ring is 1. The average molecular weight is 180 g/mol. The Morgan fingerprint density at radius 3 is 3.15 bits per heavy atom. The van der Waals surface area contributed by atoms with E-state index in [-0.39, 0.29) is 5.91 Å². The molecule has 5 heteroatoms. The molecule has 0 saturated heterocycles. The quantitative estimate of drug-likeness (QED) is 0.584. The van der Waals surface area contributed by atoms with Crippen LogP contribution in [-0.4, -0.2) is 34.2 Å². The fourth-order valence-electron chi connectivity index (χ4n) is 1.47. The highest BCUT2D eigenvalue weighted by molar-refractivity contribution is 5.76. The Labute approximate surface area is 76.1 Å². The van der Waals surface area contributed by atoms with Gasteiger partial charge in [0.1, 0.15) is 12.4 Å². The van der Waals surface area contributed by atoms with Crippen molar-refractivity contribution < 1.29 is 4.79 Å². The Morgan fingerprint density at radius 1 is 1.62 bits per heavy atom. The molecule has 13 heavy (non-hydrogen) atoms. The average Bonchev–Trinajstić information content (AvgIpc) is 2.36. The van der Waals surface area contributed by atoms with Gasteiger partial charge in [-0.25, -0.2) is 0 Å². The van der Waals surface area contributed by atoms with Gasteiger partial charge in [-0.1, -0.05) is 0 Å². The molecule has 2 rings (SSSR count). The van der Waals surface area contributed by atoms with Gasteiger partial charge in [0.15, 0.2) is 0 Å². The van der Waals surface area contributed by atoms with Crippen LogP contribution in [0.1, 0.15) is 5.69 Å². The predicted octanol–water partition coefficient (Wildman–Crippen LogP) is -0.520. The molecule has 1 amide bonds. The highest BCUT2D eigenvalue weighted by Crippen LogP contribution is 2.11. The number of nitrogens with two attached hydrogens (primary N) is 1. The Morgan fingerprint density at radius 2 is 2.38 bits per heavy atom. The smallest absolute Gasteiger partial charge is 0.244 e. The van der Waals surface area contributed by atoms with Crippen LogP contribution in [0.2, 0.25) is 0 Å². The summed E-state index contributed by atoms with van der Waals surface area (Å²) in [6.45, 7) is 1.05. The summed E-state index contributed by atoms with van der Waals surface area (Å²) in [4.78, 5) is 13.1. The molecule has 0 spiro atoms. The Bertz CT molecular complexity index is 344. The molecule has 70 valence electrons. The van der Waals surface area contributed by atoms with Gasteiger partial charge in [-0.15, -0.1) is 0 Å². The number of anilines is 1. The van der Waals surface area contributed by atoms with Crippen LogP contribution >= 0.6 is 0 Å². The fourth-order valence-corrected chi connectivity index (χ4v) is 1.47. The van der Waals surface area contributed by atoms with Crippen LogP contribution in [0.25, 0.3) is 0 Å². The molecule has 1 aromatic heterocycles. The molecular weight excluding hydrogens is 168 g/mol. The van der Waals surface area contributed by atoms with Crippen molar-refractivity contribution in [2.45, 2.75) is 13.0 Å². The third kappa shape index (κ3) is 1.37. The summed E-state index contributed by atoms with van der Waals surface area (Å²) in [7, 11) is 1.80. The Balaban J connectivity index is 2.33. The summed E-state index contributed by atoms with van der Waals surface area (Å²) >= 11 is 0. The molecule has 0 fully saturated rings. The van der Waals surface area contributed by atoms with Gasteiger partial charge in [-0.2, -0.15) is 5.10 Å². The second-order valence-corrected chi connectivity index (χ2v) is 3.28. The van der Waals surface area contributed by atoms with Crippen molar-refractivity contribution in [2.75, 3.05) is 19.3 Å². The number of fused-ring (bicyclic) bond motifs is 1. The summed E-state index contributed by atoms with van der Waals surface area (Å²) in [6.07, 6.45) is 0.826. The van der Waals surface area contributed by atoms with E-state index in [9.17, 15) is 4.79 Å². The molecule has 2 heterocycles. The minimum atomic E-state index is 0.0850. The number of likely N-dealkylation sites (N-methyl/N-ethyl adjacent to an activating group) is 1. The summed E-state index contributed by atoms with van der Waals surface area (Å²) in [5, 5.41) is 4.04. The molecule has 0 radical (unpaired) electrons. The molecule has 1 aromatic rings. The number of rotatable bonds is 0. The predicted molar refractivity (Wildman–Crippen MR) is 48.0 cm³/mol. The monoisotopic (exact) mass is 180 g/mol.